The highest BCUT2D eigenvalue weighted by Crippen LogP contribution is 2.25. The second-order valence-electron chi connectivity index (χ2n) is 4.31. The minimum Gasteiger partial charge on any atom is -0.480 e. The van der Waals surface area contributed by atoms with E-state index in [2.05, 4.69) is 24.4 Å². The number of hydrogen-bond acceptors (Lipinski definition) is 3. The molecule has 16 heavy (non-hydrogen) atoms. The number of thiophene rings is 1. The maximum absolute atomic E-state index is 11.2. The molecular formula is C12H19NO2S. The first-order valence-electron chi connectivity index (χ1n) is 5.46. The summed E-state index contributed by atoms with van der Waals surface area (Å²) in [5.74, 6) is -0.796. The van der Waals surface area contributed by atoms with Crippen LogP contribution >= 0.6 is 11.3 Å². The van der Waals surface area contributed by atoms with Crippen molar-refractivity contribution in [2.24, 2.45) is 0 Å². The van der Waals surface area contributed by atoms with Crippen molar-refractivity contribution in [3.05, 3.63) is 21.9 Å². The summed E-state index contributed by atoms with van der Waals surface area (Å²) < 4.78 is 0. The number of carboxylic acids is 1. The number of hydrogen-bond donors (Lipinski definition) is 2. The monoisotopic (exact) mass is 241 g/mol. The first kappa shape index (κ1) is 13.2. The van der Waals surface area contributed by atoms with E-state index in [-0.39, 0.29) is 6.04 Å². The van der Waals surface area contributed by atoms with Crippen LogP contribution in [-0.4, -0.2) is 16.6 Å². The summed E-state index contributed by atoms with van der Waals surface area (Å²) in [6.45, 7) is 7.67. The minimum atomic E-state index is -0.850. The molecule has 3 nitrogen and oxygen atoms in total. The van der Waals surface area contributed by atoms with Gasteiger partial charge in [0.1, 0.15) is 5.54 Å². The van der Waals surface area contributed by atoms with Crippen LogP contribution in [0.2, 0.25) is 0 Å². The molecule has 2 unspecified atom stereocenters. The summed E-state index contributed by atoms with van der Waals surface area (Å²) in [6, 6.07) is 4.18. The largest absolute Gasteiger partial charge is 0.480 e. The van der Waals surface area contributed by atoms with Crippen LogP contribution in [0.1, 0.15) is 43.0 Å². The lowest BCUT2D eigenvalue weighted by molar-refractivity contribution is -0.144. The Hall–Kier alpha value is -0.870. The van der Waals surface area contributed by atoms with Gasteiger partial charge in [-0.05, 0) is 39.3 Å². The van der Waals surface area contributed by atoms with Crippen molar-refractivity contribution >= 4 is 17.3 Å². The normalized spacial score (nSPS) is 16.8. The van der Waals surface area contributed by atoms with Gasteiger partial charge >= 0.3 is 5.97 Å². The summed E-state index contributed by atoms with van der Waals surface area (Å²) in [5.41, 5.74) is -0.850. The van der Waals surface area contributed by atoms with Crippen molar-refractivity contribution in [3.8, 4) is 0 Å². The van der Waals surface area contributed by atoms with Crippen LogP contribution in [0.4, 0.5) is 0 Å². The van der Waals surface area contributed by atoms with E-state index < -0.39 is 11.5 Å². The lowest BCUT2D eigenvalue weighted by atomic mass is 9.98. The second-order valence-corrected chi connectivity index (χ2v) is 5.62. The zero-order valence-electron chi connectivity index (χ0n) is 10.2. The van der Waals surface area contributed by atoms with Gasteiger partial charge < -0.3 is 5.11 Å². The third kappa shape index (κ3) is 2.83. The molecule has 90 valence electrons. The Kier molecular flexibility index (Phi) is 4.10. The van der Waals surface area contributed by atoms with Crippen LogP contribution < -0.4 is 5.32 Å². The summed E-state index contributed by atoms with van der Waals surface area (Å²) in [6.07, 6.45) is 0.566. The SMILES string of the molecule is CCC(C)(NC(C)c1ccc(C)s1)C(=O)O. The van der Waals surface area contributed by atoms with Crippen molar-refractivity contribution in [1.82, 2.24) is 5.32 Å². The van der Waals surface area contributed by atoms with E-state index in [0.717, 1.165) is 0 Å². The fourth-order valence-corrected chi connectivity index (χ4v) is 2.43. The molecule has 0 radical (unpaired) electrons. The highest BCUT2D eigenvalue weighted by atomic mass is 32.1. The molecule has 4 heteroatoms. The number of rotatable bonds is 5. The van der Waals surface area contributed by atoms with Crippen LogP contribution in [-0.2, 0) is 4.79 Å². The van der Waals surface area contributed by atoms with E-state index in [1.807, 2.05) is 13.8 Å². The van der Waals surface area contributed by atoms with Crippen molar-refractivity contribution in [3.63, 3.8) is 0 Å². The molecule has 2 atom stereocenters. The predicted octanol–water partition coefficient (Wildman–Crippen LogP) is 2.96. The summed E-state index contributed by atoms with van der Waals surface area (Å²) >= 11 is 1.70. The van der Waals surface area contributed by atoms with Gasteiger partial charge in [-0.2, -0.15) is 0 Å². The number of carbonyl (C=O) groups is 1. The summed E-state index contributed by atoms with van der Waals surface area (Å²) in [7, 11) is 0. The van der Waals surface area contributed by atoms with Crippen LogP contribution in [0.3, 0.4) is 0 Å². The molecule has 0 amide bonds. The fourth-order valence-electron chi connectivity index (χ4n) is 1.55. The van der Waals surface area contributed by atoms with Gasteiger partial charge in [-0.15, -0.1) is 11.3 Å². The lowest BCUT2D eigenvalue weighted by Crippen LogP contribution is -2.49. The number of aliphatic carboxylic acids is 1. The third-order valence-corrected chi connectivity index (χ3v) is 4.09. The molecule has 0 aliphatic heterocycles. The van der Waals surface area contributed by atoms with E-state index in [9.17, 15) is 9.90 Å². The average Bonchev–Trinajstić information content (AvgIpc) is 2.64. The molecule has 1 aromatic heterocycles. The molecule has 0 spiro atoms. The molecular weight excluding hydrogens is 222 g/mol. The molecule has 0 aromatic carbocycles. The van der Waals surface area contributed by atoms with Gasteiger partial charge in [0.05, 0.1) is 0 Å². The predicted molar refractivity (Wildman–Crippen MR) is 66.9 cm³/mol. The summed E-state index contributed by atoms with van der Waals surface area (Å²) in [5, 5.41) is 12.4. The Morgan fingerprint density at radius 2 is 2.25 bits per heavy atom. The Labute approximate surface area is 100 Å². The maximum atomic E-state index is 11.2. The van der Waals surface area contributed by atoms with Gasteiger partial charge in [-0.25, -0.2) is 0 Å². The van der Waals surface area contributed by atoms with Crippen molar-refractivity contribution in [2.45, 2.75) is 45.7 Å². The molecule has 0 saturated carbocycles. The van der Waals surface area contributed by atoms with E-state index >= 15 is 0 Å². The van der Waals surface area contributed by atoms with Gasteiger partial charge in [-0.3, -0.25) is 10.1 Å². The molecule has 1 rings (SSSR count). The first-order chi connectivity index (χ1) is 7.39. The van der Waals surface area contributed by atoms with Crippen molar-refractivity contribution in [1.29, 1.82) is 0 Å². The molecule has 1 heterocycles. The number of aryl methyl sites for hydroxylation is 1. The van der Waals surface area contributed by atoms with Crippen LogP contribution in [0.25, 0.3) is 0 Å². The Bertz CT molecular complexity index is 375. The zero-order valence-corrected chi connectivity index (χ0v) is 11.0. The second kappa shape index (κ2) is 4.97. The van der Waals surface area contributed by atoms with E-state index in [4.69, 9.17) is 0 Å². The van der Waals surface area contributed by atoms with Crippen LogP contribution in [0.15, 0.2) is 12.1 Å². The maximum Gasteiger partial charge on any atom is 0.323 e. The van der Waals surface area contributed by atoms with Gasteiger partial charge in [0, 0.05) is 15.8 Å². The smallest absolute Gasteiger partial charge is 0.323 e. The molecule has 0 fully saturated rings. The molecule has 0 aliphatic carbocycles. The highest BCUT2D eigenvalue weighted by molar-refractivity contribution is 7.12. The molecule has 0 saturated heterocycles. The highest BCUT2D eigenvalue weighted by Gasteiger charge is 2.32. The van der Waals surface area contributed by atoms with E-state index in [1.54, 1.807) is 18.3 Å². The Morgan fingerprint density at radius 1 is 1.62 bits per heavy atom. The molecule has 1 aromatic rings. The molecule has 2 N–H and O–H groups in total. The fraction of sp³-hybridized carbons (Fsp3) is 0.583. The van der Waals surface area contributed by atoms with Gasteiger partial charge in [-0.1, -0.05) is 6.92 Å². The topological polar surface area (TPSA) is 49.3 Å². The Morgan fingerprint density at radius 3 is 2.62 bits per heavy atom. The zero-order chi connectivity index (χ0) is 12.3. The minimum absolute atomic E-state index is 0.0692. The number of carboxylic acid groups (broad SMARTS) is 1. The standard InChI is InChI=1S/C12H19NO2S/c1-5-12(4,11(14)15)13-9(3)10-7-6-8(2)16-10/h6-7,9,13H,5H2,1-4H3,(H,14,15). The van der Waals surface area contributed by atoms with Gasteiger partial charge in [0.2, 0.25) is 0 Å². The van der Waals surface area contributed by atoms with Crippen molar-refractivity contribution < 1.29 is 9.90 Å². The van der Waals surface area contributed by atoms with Gasteiger partial charge in [0.15, 0.2) is 0 Å². The average molecular weight is 241 g/mol. The van der Waals surface area contributed by atoms with E-state index in [1.165, 1.54) is 9.75 Å². The van der Waals surface area contributed by atoms with Crippen LogP contribution in [0.5, 0.6) is 0 Å². The first-order valence-corrected chi connectivity index (χ1v) is 6.28. The van der Waals surface area contributed by atoms with Gasteiger partial charge in [0.25, 0.3) is 0 Å². The van der Waals surface area contributed by atoms with E-state index in [0.29, 0.717) is 6.42 Å². The third-order valence-electron chi connectivity index (χ3n) is 2.90. The lowest BCUT2D eigenvalue weighted by Gasteiger charge is -2.28. The molecule has 0 bridgehead atoms. The quantitative estimate of drug-likeness (QED) is 0.833. The Balaban J connectivity index is 2.77. The molecule has 0 aliphatic rings. The number of nitrogens with one attached hydrogen (secondary N) is 1. The van der Waals surface area contributed by atoms with Crippen LogP contribution in [0, 0.1) is 6.92 Å². The van der Waals surface area contributed by atoms with Crippen molar-refractivity contribution in [2.75, 3.05) is 0 Å². The summed E-state index contributed by atoms with van der Waals surface area (Å²) in [4.78, 5) is 13.6.